The van der Waals surface area contributed by atoms with E-state index in [0.29, 0.717) is 10.8 Å². The molecule has 0 unspecified atom stereocenters. The summed E-state index contributed by atoms with van der Waals surface area (Å²) >= 11 is 1.18. The SMILES string of the molecule is Cc1nc(N)sc1CCCC(O)(P(=O)(O)O)P(=O)(O)O. The van der Waals surface area contributed by atoms with Crippen molar-refractivity contribution in [2.45, 2.75) is 31.3 Å². The van der Waals surface area contributed by atoms with Crippen molar-refractivity contribution in [1.29, 1.82) is 0 Å². The summed E-state index contributed by atoms with van der Waals surface area (Å²) in [5.74, 6) is 0. The Bertz CT molecular complexity index is 555. The lowest BCUT2D eigenvalue weighted by Gasteiger charge is -2.29. The lowest BCUT2D eigenvalue weighted by Crippen LogP contribution is -2.28. The van der Waals surface area contributed by atoms with Gasteiger partial charge in [-0.2, -0.15) is 0 Å². The maximum atomic E-state index is 11.1. The van der Waals surface area contributed by atoms with Crippen LogP contribution in [0.15, 0.2) is 0 Å². The van der Waals surface area contributed by atoms with Gasteiger partial charge in [-0.05, 0) is 19.8 Å². The molecule has 1 heterocycles. The number of hydrogen-bond acceptors (Lipinski definition) is 6. The highest BCUT2D eigenvalue weighted by Crippen LogP contribution is 2.69. The van der Waals surface area contributed by atoms with Gasteiger partial charge in [-0.1, -0.05) is 0 Å². The van der Waals surface area contributed by atoms with Gasteiger partial charge in [0.25, 0.3) is 5.08 Å². The number of nitrogen functional groups attached to an aromatic ring is 1. The summed E-state index contributed by atoms with van der Waals surface area (Å²) in [4.78, 5) is 40.6. The molecule has 0 aliphatic carbocycles. The molecule has 20 heavy (non-hydrogen) atoms. The second-order valence-electron chi connectivity index (χ2n) is 4.28. The molecule has 116 valence electrons. The van der Waals surface area contributed by atoms with Crippen LogP contribution in [0.5, 0.6) is 0 Å². The van der Waals surface area contributed by atoms with E-state index in [2.05, 4.69) is 4.98 Å². The topological polar surface area (TPSA) is 174 Å². The first-order valence-corrected chi connectivity index (χ1v) is 9.48. The van der Waals surface area contributed by atoms with Gasteiger partial charge in [-0.25, -0.2) is 4.98 Å². The van der Waals surface area contributed by atoms with Crippen molar-refractivity contribution in [3.05, 3.63) is 10.6 Å². The molecule has 1 aromatic heterocycles. The minimum atomic E-state index is -5.38. The zero-order valence-corrected chi connectivity index (χ0v) is 13.1. The average molecular weight is 346 g/mol. The molecule has 0 fully saturated rings. The number of anilines is 1. The van der Waals surface area contributed by atoms with E-state index in [0.717, 1.165) is 4.88 Å². The van der Waals surface area contributed by atoms with E-state index >= 15 is 0 Å². The number of thiazole rings is 1. The third-order valence-corrected chi connectivity index (χ3v) is 7.68. The number of aryl methyl sites for hydroxylation is 2. The van der Waals surface area contributed by atoms with Crippen molar-refractivity contribution in [2.24, 2.45) is 0 Å². The van der Waals surface area contributed by atoms with E-state index in [9.17, 15) is 14.2 Å². The summed E-state index contributed by atoms with van der Waals surface area (Å²) in [7, 11) is -10.8. The molecule has 0 aliphatic rings. The second kappa shape index (κ2) is 5.82. The Morgan fingerprint density at radius 1 is 1.25 bits per heavy atom. The van der Waals surface area contributed by atoms with Gasteiger partial charge in [0.05, 0.1) is 5.69 Å². The molecule has 0 aromatic carbocycles. The minimum absolute atomic E-state index is 0.0325. The van der Waals surface area contributed by atoms with Gasteiger partial charge in [-0.3, -0.25) is 9.13 Å². The minimum Gasteiger partial charge on any atom is -0.375 e. The number of aliphatic hydroxyl groups is 1. The highest BCUT2D eigenvalue weighted by atomic mass is 32.1. The van der Waals surface area contributed by atoms with E-state index in [1.807, 2.05) is 0 Å². The molecule has 0 amide bonds. The summed E-state index contributed by atoms with van der Waals surface area (Å²) in [6, 6.07) is 0. The first kappa shape index (κ1) is 17.7. The molecule has 0 atom stereocenters. The lowest BCUT2D eigenvalue weighted by molar-refractivity contribution is 0.121. The summed E-state index contributed by atoms with van der Waals surface area (Å²) in [5, 5.41) is 6.65. The van der Waals surface area contributed by atoms with Gasteiger partial charge >= 0.3 is 15.2 Å². The van der Waals surface area contributed by atoms with Crippen LogP contribution in [-0.4, -0.2) is 34.7 Å². The van der Waals surface area contributed by atoms with Crippen LogP contribution in [0.1, 0.15) is 23.4 Å². The van der Waals surface area contributed by atoms with E-state index in [-0.39, 0.29) is 12.8 Å². The number of rotatable bonds is 6. The Balaban J connectivity index is 2.82. The van der Waals surface area contributed by atoms with E-state index in [1.54, 1.807) is 6.92 Å². The molecule has 0 aliphatic heterocycles. The van der Waals surface area contributed by atoms with Crippen molar-refractivity contribution in [3.8, 4) is 0 Å². The highest BCUT2D eigenvalue weighted by molar-refractivity contribution is 7.72. The molecular formula is C8H16N2O7P2S. The fraction of sp³-hybridized carbons (Fsp3) is 0.625. The molecule has 1 aromatic rings. The molecule has 0 saturated heterocycles. The Morgan fingerprint density at radius 3 is 2.10 bits per heavy atom. The maximum absolute atomic E-state index is 11.1. The highest BCUT2D eigenvalue weighted by Gasteiger charge is 2.58. The number of nitrogens with zero attached hydrogens (tertiary/aromatic N) is 1. The molecule has 0 radical (unpaired) electrons. The number of nitrogens with two attached hydrogens (primary N) is 1. The summed E-state index contributed by atoms with van der Waals surface area (Å²) in [5.41, 5.74) is 6.13. The summed E-state index contributed by atoms with van der Waals surface area (Å²) in [6.07, 6.45) is -0.517. The Hall–Kier alpha value is -0.310. The number of hydrogen-bond donors (Lipinski definition) is 6. The van der Waals surface area contributed by atoms with Crippen molar-refractivity contribution in [1.82, 2.24) is 4.98 Å². The van der Waals surface area contributed by atoms with E-state index in [1.165, 1.54) is 11.3 Å². The maximum Gasteiger partial charge on any atom is 0.369 e. The van der Waals surface area contributed by atoms with Crippen molar-refractivity contribution in [3.63, 3.8) is 0 Å². The standard InChI is InChI=1S/C8H16N2O7P2S/c1-5-6(20-7(9)10-5)3-2-4-8(11,18(12,13)14)19(15,16)17/h11H,2-4H2,1H3,(H2,9,10)(H2,12,13,14)(H2,15,16,17). The fourth-order valence-corrected chi connectivity index (χ4v) is 4.76. The Morgan fingerprint density at radius 2 is 1.75 bits per heavy atom. The molecule has 0 bridgehead atoms. The quantitative estimate of drug-likeness (QED) is 0.397. The third-order valence-electron chi connectivity index (χ3n) is 2.76. The number of aromatic nitrogens is 1. The second-order valence-corrected chi connectivity index (χ2v) is 9.40. The van der Waals surface area contributed by atoms with Crippen LogP contribution < -0.4 is 5.73 Å². The van der Waals surface area contributed by atoms with Gasteiger partial charge in [0.15, 0.2) is 5.13 Å². The predicted octanol–water partition coefficient (Wildman–Crippen LogP) is 0.358. The zero-order valence-electron chi connectivity index (χ0n) is 10.5. The molecule has 12 heteroatoms. The van der Waals surface area contributed by atoms with Gasteiger partial charge in [0.1, 0.15) is 0 Å². The van der Waals surface area contributed by atoms with Gasteiger partial charge in [0.2, 0.25) is 0 Å². The molecule has 1 rings (SSSR count). The molecule has 0 saturated carbocycles. The first-order valence-electron chi connectivity index (χ1n) is 5.44. The normalized spacial score (nSPS) is 13.7. The summed E-state index contributed by atoms with van der Waals surface area (Å²) in [6.45, 7) is 1.69. The first-order chi connectivity index (χ1) is 8.88. The van der Waals surface area contributed by atoms with Gasteiger partial charge in [0, 0.05) is 11.3 Å². The monoisotopic (exact) mass is 346 g/mol. The fourth-order valence-electron chi connectivity index (χ4n) is 1.63. The zero-order chi connectivity index (χ0) is 15.8. The Kier molecular flexibility index (Phi) is 5.17. The van der Waals surface area contributed by atoms with Crippen LogP contribution in [0.4, 0.5) is 5.13 Å². The molecule has 7 N–H and O–H groups in total. The lowest BCUT2D eigenvalue weighted by atomic mass is 10.2. The Labute approximate surface area is 118 Å². The predicted molar refractivity (Wildman–Crippen MR) is 73.2 cm³/mol. The van der Waals surface area contributed by atoms with Gasteiger partial charge in [-0.15, -0.1) is 11.3 Å². The van der Waals surface area contributed by atoms with Crippen LogP contribution in [0.2, 0.25) is 0 Å². The average Bonchev–Trinajstić information content (AvgIpc) is 2.54. The third kappa shape index (κ3) is 3.66. The van der Waals surface area contributed by atoms with Crippen LogP contribution in [0.25, 0.3) is 0 Å². The smallest absolute Gasteiger partial charge is 0.369 e. The van der Waals surface area contributed by atoms with Crippen LogP contribution in [0.3, 0.4) is 0 Å². The molecular weight excluding hydrogens is 330 g/mol. The van der Waals surface area contributed by atoms with E-state index in [4.69, 9.17) is 25.3 Å². The van der Waals surface area contributed by atoms with Crippen molar-refractivity contribution >= 4 is 31.7 Å². The van der Waals surface area contributed by atoms with Crippen LogP contribution in [0, 0.1) is 6.92 Å². The van der Waals surface area contributed by atoms with Crippen LogP contribution in [-0.2, 0) is 15.6 Å². The van der Waals surface area contributed by atoms with Crippen molar-refractivity contribution in [2.75, 3.05) is 5.73 Å². The summed E-state index contributed by atoms with van der Waals surface area (Å²) < 4.78 is 22.3. The molecule has 9 nitrogen and oxygen atoms in total. The van der Waals surface area contributed by atoms with Gasteiger partial charge < -0.3 is 30.4 Å². The van der Waals surface area contributed by atoms with Crippen LogP contribution >= 0.6 is 26.5 Å². The van der Waals surface area contributed by atoms with E-state index < -0.39 is 26.7 Å². The largest absolute Gasteiger partial charge is 0.375 e. The molecule has 0 spiro atoms. The van der Waals surface area contributed by atoms with Crippen molar-refractivity contribution < 1.29 is 33.8 Å².